The van der Waals surface area contributed by atoms with E-state index in [-0.39, 0.29) is 11.5 Å². The summed E-state index contributed by atoms with van der Waals surface area (Å²) in [6.45, 7) is 1.52. The van der Waals surface area contributed by atoms with Crippen LogP contribution in [0.1, 0.15) is 6.92 Å². The first-order chi connectivity index (χ1) is 8.09. The fourth-order valence-electron chi connectivity index (χ4n) is 1.55. The third kappa shape index (κ3) is 2.13. The monoisotopic (exact) mass is 233 g/mol. The molecule has 5 nitrogen and oxygen atoms in total. The molecule has 1 heterocycles. The number of benzene rings is 1. The second-order valence-electron chi connectivity index (χ2n) is 3.62. The van der Waals surface area contributed by atoms with Crippen molar-refractivity contribution in [2.24, 2.45) is 0 Å². The smallest absolute Gasteiger partial charge is 0.344 e. The third-order valence-electron chi connectivity index (χ3n) is 2.38. The van der Waals surface area contributed by atoms with E-state index < -0.39 is 17.9 Å². The van der Waals surface area contributed by atoms with Crippen LogP contribution in [-0.2, 0) is 14.3 Å². The Hall–Kier alpha value is -2.30. The Morgan fingerprint density at radius 1 is 1.35 bits per heavy atom. The molecule has 0 bridgehead atoms. The van der Waals surface area contributed by atoms with Crippen LogP contribution < -0.4 is 5.32 Å². The maximum Gasteiger partial charge on any atom is 0.344 e. The molecular weight excluding hydrogens is 222 g/mol. The number of ketones is 1. The van der Waals surface area contributed by atoms with Gasteiger partial charge < -0.3 is 15.2 Å². The molecule has 2 N–H and O–H groups in total. The molecule has 0 aliphatic carbocycles. The van der Waals surface area contributed by atoms with Crippen LogP contribution >= 0.6 is 0 Å². The van der Waals surface area contributed by atoms with Crippen molar-refractivity contribution < 1.29 is 19.4 Å². The summed E-state index contributed by atoms with van der Waals surface area (Å²) in [5, 5.41) is 11.7. The summed E-state index contributed by atoms with van der Waals surface area (Å²) in [5.41, 5.74) is 0.338. The molecule has 0 saturated heterocycles. The van der Waals surface area contributed by atoms with Crippen LogP contribution in [0, 0.1) is 0 Å². The summed E-state index contributed by atoms with van der Waals surface area (Å²) in [7, 11) is 0. The van der Waals surface area contributed by atoms with E-state index in [9.17, 15) is 9.59 Å². The van der Waals surface area contributed by atoms with Crippen molar-refractivity contribution in [1.82, 2.24) is 0 Å². The molecule has 5 heteroatoms. The summed E-state index contributed by atoms with van der Waals surface area (Å²) in [6.07, 6.45) is -0.757. The minimum atomic E-state index is -1.28. The number of carboxylic acids is 1. The lowest BCUT2D eigenvalue weighted by Gasteiger charge is -2.09. The first-order valence-electron chi connectivity index (χ1n) is 5.10. The SMILES string of the molecule is CC1OC(Nc2ccccc2)=C(C(=O)O)C1=O. The Labute approximate surface area is 97.7 Å². The number of Topliss-reactive ketones (excluding diaryl/α,β-unsaturated/α-hetero) is 1. The highest BCUT2D eigenvalue weighted by Gasteiger charge is 2.36. The Bertz CT molecular complexity index is 492. The average molecular weight is 233 g/mol. The topological polar surface area (TPSA) is 75.6 Å². The normalized spacial score (nSPS) is 19.1. The van der Waals surface area contributed by atoms with E-state index >= 15 is 0 Å². The van der Waals surface area contributed by atoms with Gasteiger partial charge in [-0.25, -0.2) is 4.79 Å². The van der Waals surface area contributed by atoms with Crippen LogP contribution in [0.15, 0.2) is 41.8 Å². The van der Waals surface area contributed by atoms with Gasteiger partial charge in [0.25, 0.3) is 0 Å². The van der Waals surface area contributed by atoms with Crippen molar-refractivity contribution >= 4 is 17.4 Å². The van der Waals surface area contributed by atoms with Gasteiger partial charge in [-0.2, -0.15) is 0 Å². The maximum atomic E-state index is 11.5. The zero-order valence-electron chi connectivity index (χ0n) is 9.14. The molecule has 17 heavy (non-hydrogen) atoms. The number of anilines is 1. The van der Waals surface area contributed by atoms with Crippen LogP contribution in [0.2, 0.25) is 0 Å². The van der Waals surface area contributed by atoms with Gasteiger partial charge in [-0.15, -0.1) is 0 Å². The quantitative estimate of drug-likeness (QED) is 0.771. The molecule has 0 spiro atoms. The van der Waals surface area contributed by atoms with Crippen molar-refractivity contribution in [2.75, 3.05) is 5.32 Å². The third-order valence-corrected chi connectivity index (χ3v) is 2.38. The Balaban J connectivity index is 2.30. The fraction of sp³-hybridized carbons (Fsp3) is 0.167. The number of carbonyl (C=O) groups is 2. The number of carboxylic acid groups (broad SMARTS) is 1. The van der Waals surface area contributed by atoms with Crippen LogP contribution in [0.25, 0.3) is 0 Å². The molecule has 1 aromatic carbocycles. The lowest BCUT2D eigenvalue weighted by molar-refractivity contribution is -0.134. The van der Waals surface area contributed by atoms with E-state index in [2.05, 4.69) is 5.32 Å². The summed E-state index contributed by atoms with van der Waals surface area (Å²) in [6, 6.07) is 8.93. The van der Waals surface area contributed by atoms with Crippen molar-refractivity contribution in [3.8, 4) is 0 Å². The molecule has 88 valence electrons. The molecule has 1 unspecified atom stereocenters. The van der Waals surface area contributed by atoms with E-state index in [0.717, 1.165) is 0 Å². The van der Waals surface area contributed by atoms with Crippen molar-refractivity contribution in [1.29, 1.82) is 0 Å². The second-order valence-corrected chi connectivity index (χ2v) is 3.62. The highest BCUT2D eigenvalue weighted by atomic mass is 16.5. The summed E-state index contributed by atoms with van der Waals surface area (Å²) in [4.78, 5) is 22.5. The van der Waals surface area contributed by atoms with Crippen molar-refractivity contribution in [3.05, 3.63) is 41.8 Å². The number of para-hydroxylation sites is 1. The van der Waals surface area contributed by atoms with Crippen molar-refractivity contribution in [2.45, 2.75) is 13.0 Å². The first-order valence-corrected chi connectivity index (χ1v) is 5.10. The van der Waals surface area contributed by atoms with Gasteiger partial charge in [-0.05, 0) is 19.1 Å². The minimum Gasteiger partial charge on any atom is -0.477 e. The molecular formula is C12H11NO4. The van der Waals surface area contributed by atoms with Crippen molar-refractivity contribution in [3.63, 3.8) is 0 Å². The number of hydrogen-bond acceptors (Lipinski definition) is 4. The number of nitrogens with one attached hydrogen (secondary N) is 1. The predicted molar refractivity (Wildman–Crippen MR) is 60.3 cm³/mol. The molecule has 1 atom stereocenters. The van der Waals surface area contributed by atoms with Crippen LogP contribution in [0.4, 0.5) is 5.69 Å². The highest BCUT2D eigenvalue weighted by molar-refractivity contribution is 6.20. The second kappa shape index (κ2) is 4.29. The lowest BCUT2D eigenvalue weighted by Crippen LogP contribution is -2.17. The molecule has 1 aliphatic rings. The molecule has 1 aliphatic heterocycles. The summed E-state index contributed by atoms with van der Waals surface area (Å²) < 4.78 is 5.19. The number of aliphatic carboxylic acids is 1. The average Bonchev–Trinajstić information content (AvgIpc) is 2.56. The Kier molecular flexibility index (Phi) is 2.82. The first kappa shape index (κ1) is 11.2. The predicted octanol–water partition coefficient (Wildman–Crippen LogP) is 1.38. The molecule has 0 radical (unpaired) electrons. The van der Waals surface area contributed by atoms with Gasteiger partial charge in [0, 0.05) is 5.69 Å². The largest absolute Gasteiger partial charge is 0.477 e. The van der Waals surface area contributed by atoms with E-state index in [0.29, 0.717) is 5.69 Å². The minimum absolute atomic E-state index is 0.00111. The number of hydrogen-bond donors (Lipinski definition) is 2. The van der Waals surface area contributed by atoms with Crippen LogP contribution in [-0.4, -0.2) is 23.0 Å². The zero-order chi connectivity index (χ0) is 12.4. The molecule has 1 aromatic rings. The molecule has 0 fully saturated rings. The molecule has 0 saturated carbocycles. The van der Waals surface area contributed by atoms with Gasteiger partial charge in [0.2, 0.25) is 11.7 Å². The fourth-order valence-corrected chi connectivity index (χ4v) is 1.55. The molecule has 0 amide bonds. The molecule has 0 aromatic heterocycles. The van der Waals surface area contributed by atoms with E-state index in [1.807, 2.05) is 6.07 Å². The highest BCUT2D eigenvalue weighted by Crippen LogP contribution is 2.23. The molecule has 2 rings (SSSR count). The van der Waals surface area contributed by atoms with Gasteiger partial charge in [-0.1, -0.05) is 18.2 Å². The van der Waals surface area contributed by atoms with Gasteiger partial charge in [0.05, 0.1) is 0 Å². The van der Waals surface area contributed by atoms with Crippen LogP contribution in [0.5, 0.6) is 0 Å². The zero-order valence-corrected chi connectivity index (χ0v) is 9.14. The van der Waals surface area contributed by atoms with Gasteiger partial charge in [0.1, 0.15) is 0 Å². The van der Waals surface area contributed by atoms with Gasteiger partial charge in [0.15, 0.2) is 11.7 Å². The van der Waals surface area contributed by atoms with Crippen LogP contribution in [0.3, 0.4) is 0 Å². The van der Waals surface area contributed by atoms with E-state index in [1.165, 1.54) is 6.92 Å². The Morgan fingerprint density at radius 2 is 2.00 bits per heavy atom. The lowest BCUT2D eigenvalue weighted by atomic mass is 10.1. The maximum absolute atomic E-state index is 11.5. The standard InChI is InChI=1S/C12H11NO4/c1-7-10(14)9(12(15)16)11(17-7)13-8-5-3-2-4-6-8/h2-7,13H,1H3,(H,15,16). The Morgan fingerprint density at radius 3 is 2.59 bits per heavy atom. The summed E-state index contributed by atoms with van der Waals surface area (Å²) >= 11 is 0. The van der Waals surface area contributed by atoms with Gasteiger partial charge in [-0.3, -0.25) is 4.79 Å². The number of rotatable bonds is 3. The van der Waals surface area contributed by atoms with E-state index in [4.69, 9.17) is 9.84 Å². The van der Waals surface area contributed by atoms with E-state index in [1.54, 1.807) is 24.3 Å². The number of ether oxygens (including phenoxy) is 1. The summed E-state index contributed by atoms with van der Waals surface area (Å²) in [5.74, 6) is -1.80. The number of carbonyl (C=O) groups excluding carboxylic acids is 1. The van der Waals surface area contributed by atoms with Gasteiger partial charge >= 0.3 is 5.97 Å².